The van der Waals surface area contributed by atoms with Gasteiger partial charge in [-0.3, -0.25) is 4.68 Å². The van der Waals surface area contributed by atoms with E-state index in [1.807, 2.05) is 42.2 Å². The van der Waals surface area contributed by atoms with Crippen LogP contribution in [0.3, 0.4) is 0 Å². The zero-order valence-electron chi connectivity index (χ0n) is 11.5. The first kappa shape index (κ1) is 13.5. The molecule has 0 aliphatic carbocycles. The molecule has 0 saturated carbocycles. The van der Waals surface area contributed by atoms with Crippen molar-refractivity contribution >= 4 is 11.6 Å². The summed E-state index contributed by atoms with van der Waals surface area (Å²) in [5.41, 5.74) is 2.39. The SMILES string of the molecule is Cc1cnn(CCNCC2Cc3cc(Cl)ccc3O2)c1. The van der Waals surface area contributed by atoms with Crippen LogP contribution in [0.25, 0.3) is 0 Å². The molecule has 0 fully saturated rings. The second kappa shape index (κ2) is 5.85. The van der Waals surface area contributed by atoms with Crippen LogP contribution in [0, 0.1) is 6.92 Å². The van der Waals surface area contributed by atoms with Gasteiger partial charge < -0.3 is 10.1 Å². The highest BCUT2D eigenvalue weighted by Gasteiger charge is 2.22. The first-order valence-electron chi connectivity index (χ1n) is 6.85. The Balaban J connectivity index is 1.42. The van der Waals surface area contributed by atoms with Crippen molar-refractivity contribution in [2.45, 2.75) is 26.0 Å². The fraction of sp³-hybridized carbons (Fsp3) is 0.400. The number of ether oxygens (including phenoxy) is 1. The molecule has 2 aromatic rings. The number of nitrogens with zero attached hydrogens (tertiary/aromatic N) is 2. The minimum Gasteiger partial charge on any atom is -0.488 e. The molecular weight excluding hydrogens is 274 g/mol. The lowest BCUT2D eigenvalue weighted by Gasteiger charge is -2.11. The third-order valence-electron chi connectivity index (χ3n) is 3.42. The number of fused-ring (bicyclic) bond motifs is 1. The Hall–Kier alpha value is -1.52. The predicted molar refractivity (Wildman–Crippen MR) is 79.4 cm³/mol. The van der Waals surface area contributed by atoms with E-state index >= 15 is 0 Å². The van der Waals surface area contributed by atoms with Crippen molar-refractivity contribution in [3.63, 3.8) is 0 Å². The fourth-order valence-electron chi connectivity index (χ4n) is 2.45. The van der Waals surface area contributed by atoms with E-state index in [1.165, 1.54) is 11.1 Å². The van der Waals surface area contributed by atoms with Crippen LogP contribution in [0.5, 0.6) is 5.75 Å². The number of hydrogen-bond donors (Lipinski definition) is 1. The molecule has 0 amide bonds. The van der Waals surface area contributed by atoms with Crippen LogP contribution < -0.4 is 10.1 Å². The molecule has 0 saturated heterocycles. The molecule has 2 heterocycles. The average molecular weight is 292 g/mol. The van der Waals surface area contributed by atoms with E-state index in [9.17, 15) is 0 Å². The summed E-state index contributed by atoms with van der Waals surface area (Å²) in [5.74, 6) is 0.962. The molecule has 3 rings (SSSR count). The molecular formula is C15H18ClN3O. The maximum absolute atomic E-state index is 5.99. The molecule has 4 nitrogen and oxygen atoms in total. The van der Waals surface area contributed by atoms with Crippen molar-refractivity contribution in [1.29, 1.82) is 0 Å². The standard InChI is InChI=1S/C15H18ClN3O/c1-11-8-18-19(10-11)5-4-17-9-14-7-12-6-13(16)2-3-15(12)20-14/h2-3,6,8,10,14,17H,4-5,7,9H2,1H3. The van der Waals surface area contributed by atoms with Gasteiger partial charge in [0, 0.05) is 30.7 Å². The molecule has 1 unspecified atom stereocenters. The van der Waals surface area contributed by atoms with Gasteiger partial charge in [-0.2, -0.15) is 5.10 Å². The molecule has 106 valence electrons. The van der Waals surface area contributed by atoms with Crippen molar-refractivity contribution in [2.75, 3.05) is 13.1 Å². The molecule has 0 radical (unpaired) electrons. The second-order valence-electron chi connectivity index (χ2n) is 5.18. The average Bonchev–Trinajstić information content (AvgIpc) is 3.00. The maximum atomic E-state index is 5.99. The Morgan fingerprint density at radius 2 is 2.40 bits per heavy atom. The van der Waals surface area contributed by atoms with Crippen LogP contribution in [0.15, 0.2) is 30.6 Å². The molecule has 0 spiro atoms. The van der Waals surface area contributed by atoms with Crippen LogP contribution in [-0.2, 0) is 13.0 Å². The summed E-state index contributed by atoms with van der Waals surface area (Å²) in [6.07, 6.45) is 5.04. The van der Waals surface area contributed by atoms with Crippen LogP contribution in [0.2, 0.25) is 5.02 Å². The van der Waals surface area contributed by atoms with Gasteiger partial charge in [0.15, 0.2) is 0 Å². The van der Waals surface area contributed by atoms with Crippen molar-refractivity contribution in [2.24, 2.45) is 0 Å². The van der Waals surface area contributed by atoms with Gasteiger partial charge in [-0.1, -0.05) is 11.6 Å². The lowest BCUT2D eigenvalue weighted by atomic mass is 10.1. The Bertz CT molecular complexity index is 597. The summed E-state index contributed by atoms with van der Waals surface area (Å²) in [4.78, 5) is 0. The van der Waals surface area contributed by atoms with Gasteiger partial charge in [-0.25, -0.2) is 0 Å². The van der Waals surface area contributed by atoms with Crippen LogP contribution in [-0.4, -0.2) is 29.0 Å². The lowest BCUT2D eigenvalue weighted by molar-refractivity contribution is 0.227. The highest BCUT2D eigenvalue weighted by molar-refractivity contribution is 6.30. The molecule has 1 aromatic carbocycles. The number of rotatable bonds is 5. The molecule has 1 aromatic heterocycles. The molecule has 1 aliphatic rings. The van der Waals surface area contributed by atoms with E-state index in [-0.39, 0.29) is 6.10 Å². The Morgan fingerprint density at radius 3 is 3.20 bits per heavy atom. The van der Waals surface area contributed by atoms with Crippen LogP contribution in [0.1, 0.15) is 11.1 Å². The van der Waals surface area contributed by atoms with Gasteiger partial charge in [0.2, 0.25) is 0 Å². The number of nitrogens with one attached hydrogen (secondary N) is 1. The van der Waals surface area contributed by atoms with Gasteiger partial charge in [-0.15, -0.1) is 0 Å². The van der Waals surface area contributed by atoms with Crippen LogP contribution in [0.4, 0.5) is 0 Å². The van der Waals surface area contributed by atoms with Crippen molar-refractivity contribution in [3.8, 4) is 5.75 Å². The summed E-state index contributed by atoms with van der Waals surface area (Å²) in [5, 5.41) is 8.45. The summed E-state index contributed by atoms with van der Waals surface area (Å²) in [6, 6.07) is 5.81. The molecule has 1 N–H and O–H groups in total. The van der Waals surface area contributed by atoms with Crippen molar-refractivity contribution < 1.29 is 4.74 Å². The van der Waals surface area contributed by atoms with Gasteiger partial charge in [-0.05, 0) is 36.2 Å². The number of halogens is 1. The van der Waals surface area contributed by atoms with E-state index in [0.717, 1.165) is 36.8 Å². The minimum absolute atomic E-state index is 0.197. The lowest BCUT2D eigenvalue weighted by Crippen LogP contribution is -2.32. The number of aromatic nitrogens is 2. The smallest absolute Gasteiger partial charge is 0.123 e. The number of benzene rings is 1. The number of hydrogen-bond acceptors (Lipinski definition) is 3. The first-order valence-corrected chi connectivity index (χ1v) is 7.23. The topological polar surface area (TPSA) is 39.1 Å². The van der Waals surface area contributed by atoms with E-state index in [2.05, 4.69) is 10.4 Å². The summed E-state index contributed by atoms with van der Waals surface area (Å²) < 4.78 is 7.83. The Morgan fingerprint density at radius 1 is 1.50 bits per heavy atom. The van der Waals surface area contributed by atoms with Crippen LogP contribution >= 0.6 is 11.6 Å². The zero-order chi connectivity index (χ0) is 13.9. The van der Waals surface area contributed by atoms with Gasteiger partial charge in [0.05, 0.1) is 12.7 Å². The monoisotopic (exact) mass is 291 g/mol. The normalized spacial score (nSPS) is 17.0. The Kier molecular flexibility index (Phi) is 3.94. The minimum atomic E-state index is 0.197. The largest absolute Gasteiger partial charge is 0.488 e. The third-order valence-corrected chi connectivity index (χ3v) is 3.65. The van der Waals surface area contributed by atoms with E-state index in [0.29, 0.717) is 0 Å². The molecule has 20 heavy (non-hydrogen) atoms. The zero-order valence-corrected chi connectivity index (χ0v) is 12.2. The predicted octanol–water partition coefficient (Wildman–Crippen LogP) is 2.44. The number of aryl methyl sites for hydroxylation is 1. The summed E-state index contributed by atoms with van der Waals surface area (Å²) >= 11 is 5.99. The van der Waals surface area contributed by atoms with E-state index in [4.69, 9.17) is 16.3 Å². The van der Waals surface area contributed by atoms with Gasteiger partial charge >= 0.3 is 0 Å². The maximum Gasteiger partial charge on any atom is 0.123 e. The first-order chi connectivity index (χ1) is 9.70. The molecule has 5 heteroatoms. The molecule has 1 aliphatic heterocycles. The molecule has 0 bridgehead atoms. The van der Waals surface area contributed by atoms with Gasteiger partial charge in [0.25, 0.3) is 0 Å². The Labute approximate surface area is 123 Å². The highest BCUT2D eigenvalue weighted by Crippen LogP contribution is 2.30. The second-order valence-corrected chi connectivity index (χ2v) is 5.62. The fourth-order valence-corrected chi connectivity index (χ4v) is 2.64. The van der Waals surface area contributed by atoms with Gasteiger partial charge in [0.1, 0.15) is 11.9 Å². The van der Waals surface area contributed by atoms with E-state index < -0.39 is 0 Å². The van der Waals surface area contributed by atoms with Crippen molar-refractivity contribution in [3.05, 3.63) is 46.7 Å². The van der Waals surface area contributed by atoms with E-state index in [1.54, 1.807) is 0 Å². The molecule has 1 atom stereocenters. The summed E-state index contributed by atoms with van der Waals surface area (Å²) in [7, 11) is 0. The highest BCUT2D eigenvalue weighted by atomic mass is 35.5. The third kappa shape index (κ3) is 3.14. The quantitative estimate of drug-likeness (QED) is 0.860. The summed E-state index contributed by atoms with van der Waals surface area (Å²) in [6.45, 7) is 4.65. The van der Waals surface area contributed by atoms with Crippen molar-refractivity contribution in [1.82, 2.24) is 15.1 Å².